The van der Waals surface area contributed by atoms with Gasteiger partial charge in [-0.3, -0.25) is 9.69 Å². The second kappa shape index (κ2) is 7.31. The Morgan fingerprint density at radius 1 is 1.47 bits per heavy atom. The minimum Gasteiger partial charge on any atom is -0.294 e. The molecule has 0 N–H and O–H groups in total. The second-order valence-electron chi connectivity index (χ2n) is 4.31. The zero-order valence-electron chi connectivity index (χ0n) is 10.9. The fourth-order valence-electron chi connectivity index (χ4n) is 1.96. The van der Waals surface area contributed by atoms with Gasteiger partial charge >= 0.3 is 0 Å². The summed E-state index contributed by atoms with van der Waals surface area (Å²) in [5, 5.41) is 0. The Labute approximate surface area is 128 Å². The first kappa shape index (κ1) is 14.9. The van der Waals surface area contributed by atoms with Crippen LogP contribution >= 0.6 is 35.7 Å². The Morgan fingerprint density at radius 3 is 2.89 bits per heavy atom. The Hall–Kier alpha value is -0.520. The van der Waals surface area contributed by atoms with Gasteiger partial charge in [0.2, 0.25) is 5.91 Å². The zero-order chi connectivity index (χ0) is 13.7. The Morgan fingerprint density at radius 2 is 2.21 bits per heavy atom. The monoisotopic (exact) mass is 311 g/mol. The molecule has 0 saturated carbocycles. The van der Waals surface area contributed by atoms with Gasteiger partial charge in [0, 0.05) is 28.9 Å². The lowest BCUT2D eigenvalue weighted by molar-refractivity contribution is -0.127. The Balaban J connectivity index is 1.82. The van der Waals surface area contributed by atoms with Gasteiger partial charge < -0.3 is 0 Å². The summed E-state index contributed by atoms with van der Waals surface area (Å²) in [6, 6.07) is 10.5. The Kier molecular flexibility index (Phi) is 5.73. The van der Waals surface area contributed by atoms with Crippen LogP contribution in [0.15, 0.2) is 35.2 Å². The molecule has 19 heavy (non-hydrogen) atoms. The molecular formula is C14H17NOS3. The summed E-state index contributed by atoms with van der Waals surface area (Å²) in [5.74, 6) is 1.93. The van der Waals surface area contributed by atoms with E-state index in [0.717, 1.165) is 22.2 Å². The number of thioether (sulfide) groups is 2. The second-order valence-corrected chi connectivity index (χ2v) is 7.14. The lowest BCUT2D eigenvalue weighted by Gasteiger charge is -2.22. The normalized spacial score (nSPS) is 18.9. The SMILES string of the molecule is CC[C@@H]1CSC(=S)N1C(=O)CCSc1ccccc1. The van der Waals surface area contributed by atoms with Gasteiger partial charge in [-0.05, 0) is 18.6 Å². The molecular weight excluding hydrogens is 294 g/mol. The highest BCUT2D eigenvalue weighted by molar-refractivity contribution is 8.23. The summed E-state index contributed by atoms with van der Waals surface area (Å²) in [6.45, 7) is 2.11. The standard InChI is InChI=1S/C14H17NOS3/c1-2-11-10-19-14(17)15(11)13(16)8-9-18-12-6-4-3-5-7-12/h3-7,11H,2,8-10H2,1H3/t11-/m1/s1. The van der Waals surface area contributed by atoms with Gasteiger partial charge in [-0.1, -0.05) is 49.1 Å². The molecule has 1 aromatic carbocycles. The van der Waals surface area contributed by atoms with Crippen molar-refractivity contribution in [2.24, 2.45) is 0 Å². The molecule has 0 bridgehead atoms. The first-order chi connectivity index (χ1) is 9.22. The highest BCUT2D eigenvalue weighted by Gasteiger charge is 2.32. The predicted octanol–water partition coefficient (Wildman–Crippen LogP) is 3.81. The number of rotatable bonds is 5. The number of carbonyl (C=O) groups excluding carboxylic acids is 1. The van der Waals surface area contributed by atoms with Crippen LogP contribution in [0.5, 0.6) is 0 Å². The number of amides is 1. The molecule has 0 radical (unpaired) electrons. The minimum absolute atomic E-state index is 0.172. The van der Waals surface area contributed by atoms with E-state index in [1.54, 1.807) is 23.5 Å². The molecule has 2 rings (SSSR count). The summed E-state index contributed by atoms with van der Waals surface area (Å²) in [5.41, 5.74) is 0. The van der Waals surface area contributed by atoms with Crippen LogP contribution < -0.4 is 0 Å². The summed E-state index contributed by atoms with van der Waals surface area (Å²) in [4.78, 5) is 15.3. The highest BCUT2D eigenvalue weighted by Crippen LogP contribution is 2.27. The van der Waals surface area contributed by atoms with Crippen molar-refractivity contribution in [1.82, 2.24) is 4.90 Å². The average molecular weight is 311 g/mol. The van der Waals surface area contributed by atoms with Crippen LogP contribution in [0.4, 0.5) is 0 Å². The van der Waals surface area contributed by atoms with Gasteiger partial charge in [0.1, 0.15) is 4.32 Å². The van der Waals surface area contributed by atoms with Crippen molar-refractivity contribution in [2.75, 3.05) is 11.5 Å². The number of hydrogen-bond acceptors (Lipinski definition) is 4. The van der Waals surface area contributed by atoms with Crippen LogP contribution in [0.2, 0.25) is 0 Å². The molecule has 1 fully saturated rings. The summed E-state index contributed by atoms with van der Waals surface area (Å²) in [7, 11) is 0. The molecule has 0 spiro atoms. The number of benzene rings is 1. The molecule has 1 saturated heterocycles. The maximum absolute atomic E-state index is 12.2. The van der Waals surface area contributed by atoms with E-state index >= 15 is 0 Å². The van der Waals surface area contributed by atoms with Crippen molar-refractivity contribution in [2.45, 2.75) is 30.7 Å². The van der Waals surface area contributed by atoms with Crippen LogP contribution in [-0.4, -0.2) is 32.7 Å². The highest BCUT2D eigenvalue weighted by atomic mass is 32.2. The maximum Gasteiger partial charge on any atom is 0.229 e. The van der Waals surface area contributed by atoms with Crippen LogP contribution in [-0.2, 0) is 4.79 Å². The Bertz CT molecular complexity index is 449. The van der Waals surface area contributed by atoms with Gasteiger partial charge in [0.25, 0.3) is 0 Å². The van der Waals surface area contributed by atoms with Crippen molar-refractivity contribution < 1.29 is 4.79 Å². The molecule has 102 valence electrons. The molecule has 5 heteroatoms. The lowest BCUT2D eigenvalue weighted by Crippen LogP contribution is -2.38. The van der Waals surface area contributed by atoms with Crippen LogP contribution in [0, 0.1) is 0 Å². The van der Waals surface area contributed by atoms with E-state index in [1.807, 2.05) is 23.1 Å². The first-order valence-corrected chi connectivity index (χ1v) is 8.77. The number of hydrogen-bond donors (Lipinski definition) is 0. The topological polar surface area (TPSA) is 20.3 Å². The van der Waals surface area contributed by atoms with E-state index in [1.165, 1.54) is 4.90 Å². The molecule has 0 aromatic heterocycles. The predicted molar refractivity (Wildman–Crippen MR) is 87.8 cm³/mol. The van der Waals surface area contributed by atoms with Gasteiger partial charge in [-0.25, -0.2) is 0 Å². The van der Waals surface area contributed by atoms with E-state index < -0.39 is 0 Å². The van der Waals surface area contributed by atoms with Crippen molar-refractivity contribution in [3.63, 3.8) is 0 Å². The third kappa shape index (κ3) is 3.97. The lowest BCUT2D eigenvalue weighted by atomic mass is 10.2. The first-order valence-electron chi connectivity index (χ1n) is 6.39. The van der Waals surface area contributed by atoms with Crippen molar-refractivity contribution in [3.8, 4) is 0 Å². The van der Waals surface area contributed by atoms with E-state index in [0.29, 0.717) is 12.5 Å². The summed E-state index contributed by atoms with van der Waals surface area (Å²) in [6.07, 6.45) is 1.53. The fourth-order valence-corrected chi connectivity index (χ4v) is 4.39. The number of nitrogens with zero attached hydrogens (tertiary/aromatic N) is 1. The number of thiocarbonyl (C=S) groups is 1. The van der Waals surface area contributed by atoms with E-state index in [4.69, 9.17) is 12.2 Å². The molecule has 0 aliphatic carbocycles. The van der Waals surface area contributed by atoms with Crippen molar-refractivity contribution >= 4 is 46.0 Å². The van der Waals surface area contributed by atoms with Crippen LogP contribution in [0.1, 0.15) is 19.8 Å². The molecule has 1 atom stereocenters. The van der Waals surface area contributed by atoms with Gasteiger partial charge in [0.05, 0.1) is 0 Å². The molecule has 1 aromatic rings. The fraction of sp³-hybridized carbons (Fsp3) is 0.429. The van der Waals surface area contributed by atoms with E-state index in [-0.39, 0.29) is 5.91 Å². The molecule has 1 heterocycles. The molecule has 1 aliphatic rings. The minimum atomic E-state index is 0.172. The zero-order valence-corrected chi connectivity index (χ0v) is 13.3. The third-order valence-corrected chi connectivity index (χ3v) is 5.59. The van der Waals surface area contributed by atoms with E-state index in [2.05, 4.69) is 19.1 Å². The van der Waals surface area contributed by atoms with Crippen LogP contribution in [0.25, 0.3) is 0 Å². The molecule has 1 aliphatic heterocycles. The van der Waals surface area contributed by atoms with Gasteiger partial charge in [0.15, 0.2) is 0 Å². The van der Waals surface area contributed by atoms with E-state index in [9.17, 15) is 4.79 Å². The van der Waals surface area contributed by atoms with Gasteiger partial charge in [-0.15, -0.1) is 11.8 Å². The van der Waals surface area contributed by atoms with Crippen LogP contribution in [0.3, 0.4) is 0 Å². The number of carbonyl (C=O) groups is 1. The molecule has 1 amide bonds. The van der Waals surface area contributed by atoms with Crippen molar-refractivity contribution in [1.29, 1.82) is 0 Å². The average Bonchev–Trinajstić information content (AvgIpc) is 2.81. The third-order valence-electron chi connectivity index (χ3n) is 3.03. The largest absolute Gasteiger partial charge is 0.294 e. The summed E-state index contributed by atoms with van der Waals surface area (Å²) >= 11 is 8.61. The maximum atomic E-state index is 12.2. The smallest absolute Gasteiger partial charge is 0.229 e. The van der Waals surface area contributed by atoms with Gasteiger partial charge in [-0.2, -0.15) is 0 Å². The summed E-state index contributed by atoms with van der Waals surface area (Å²) < 4.78 is 0.751. The molecule has 0 unspecified atom stereocenters. The molecule has 2 nitrogen and oxygen atoms in total. The van der Waals surface area contributed by atoms with Crippen molar-refractivity contribution in [3.05, 3.63) is 30.3 Å². The quantitative estimate of drug-likeness (QED) is 0.608.